The van der Waals surface area contributed by atoms with Gasteiger partial charge in [0.1, 0.15) is 6.04 Å². The van der Waals surface area contributed by atoms with Crippen LogP contribution in [0.1, 0.15) is 21.5 Å². The zero-order valence-corrected chi connectivity index (χ0v) is 14.3. The van der Waals surface area contributed by atoms with E-state index in [1.807, 2.05) is 0 Å². The van der Waals surface area contributed by atoms with Gasteiger partial charge in [-0.3, -0.25) is 4.79 Å². The summed E-state index contributed by atoms with van der Waals surface area (Å²) in [5.74, 6) is -1.99. The van der Waals surface area contributed by atoms with E-state index < -0.39 is 29.7 Å². The Balaban J connectivity index is 2.11. The predicted molar refractivity (Wildman–Crippen MR) is 88.2 cm³/mol. The Kier molecular flexibility index (Phi) is 5.84. The van der Waals surface area contributed by atoms with E-state index in [4.69, 9.17) is 0 Å². The number of alkyl halides is 3. The maximum Gasteiger partial charge on any atom is 0.416 e. The SMILES string of the molecule is O=C(N[C@H](Cc1cccc(Br)c1)C(=O)O)c1ccc(C(F)(F)F)cc1. The number of hydrogen-bond acceptors (Lipinski definition) is 2. The van der Waals surface area contributed by atoms with Crippen LogP contribution >= 0.6 is 15.9 Å². The van der Waals surface area contributed by atoms with Gasteiger partial charge in [0.2, 0.25) is 0 Å². The summed E-state index contributed by atoms with van der Waals surface area (Å²) in [6.07, 6.45) is -4.46. The van der Waals surface area contributed by atoms with Crippen molar-refractivity contribution in [2.24, 2.45) is 0 Å². The minimum Gasteiger partial charge on any atom is -0.480 e. The first-order chi connectivity index (χ1) is 11.7. The number of carbonyl (C=O) groups is 2. The van der Waals surface area contributed by atoms with Gasteiger partial charge in [-0.25, -0.2) is 4.79 Å². The highest BCUT2D eigenvalue weighted by Gasteiger charge is 2.30. The van der Waals surface area contributed by atoms with E-state index in [9.17, 15) is 27.9 Å². The minimum atomic E-state index is -4.50. The van der Waals surface area contributed by atoms with Crippen molar-refractivity contribution in [2.45, 2.75) is 18.6 Å². The number of amides is 1. The number of aliphatic carboxylic acids is 1. The molecule has 2 rings (SSSR count). The quantitative estimate of drug-likeness (QED) is 0.778. The summed E-state index contributed by atoms with van der Waals surface area (Å²) in [5.41, 5.74) is -0.240. The van der Waals surface area contributed by atoms with Gasteiger partial charge in [0.15, 0.2) is 0 Å². The number of benzene rings is 2. The zero-order valence-electron chi connectivity index (χ0n) is 12.7. The first-order valence-corrected chi connectivity index (χ1v) is 7.91. The number of carbonyl (C=O) groups excluding carboxylic acids is 1. The molecule has 0 unspecified atom stereocenters. The fourth-order valence-electron chi connectivity index (χ4n) is 2.15. The molecule has 0 bridgehead atoms. The Morgan fingerprint density at radius 2 is 1.76 bits per heavy atom. The lowest BCUT2D eigenvalue weighted by Gasteiger charge is -2.15. The summed E-state index contributed by atoms with van der Waals surface area (Å²) in [5, 5.41) is 11.6. The van der Waals surface area contributed by atoms with Gasteiger partial charge in [-0.2, -0.15) is 13.2 Å². The number of carboxylic acids is 1. The van der Waals surface area contributed by atoms with Gasteiger partial charge in [0, 0.05) is 16.5 Å². The molecule has 8 heteroatoms. The van der Waals surface area contributed by atoms with Gasteiger partial charge in [-0.15, -0.1) is 0 Å². The molecule has 0 fully saturated rings. The molecule has 1 amide bonds. The van der Waals surface area contributed by atoms with Crippen LogP contribution in [0.2, 0.25) is 0 Å². The van der Waals surface area contributed by atoms with Crippen molar-refractivity contribution in [1.29, 1.82) is 0 Å². The number of nitrogens with one attached hydrogen (secondary N) is 1. The van der Waals surface area contributed by atoms with Crippen molar-refractivity contribution < 1.29 is 27.9 Å². The van der Waals surface area contributed by atoms with E-state index in [1.54, 1.807) is 24.3 Å². The van der Waals surface area contributed by atoms with Gasteiger partial charge in [-0.05, 0) is 42.0 Å². The molecule has 1 atom stereocenters. The van der Waals surface area contributed by atoms with E-state index in [0.29, 0.717) is 5.56 Å². The standard InChI is InChI=1S/C17H13BrF3NO3/c18-13-3-1-2-10(8-13)9-14(16(24)25)22-15(23)11-4-6-12(7-5-11)17(19,20)21/h1-8,14H,9H2,(H,22,23)(H,24,25)/t14-/m1/s1. The van der Waals surface area contributed by atoms with Crippen LogP contribution in [0.5, 0.6) is 0 Å². The van der Waals surface area contributed by atoms with E-state index >= 15 is 0 Å². The smallest absolute Gasteiger partial charge is 0.416 e. The highest BCUT2D eigenvalue weighted by Crippen LogP contribution is 2.29. The molecule has 2 aromatic rings. The van der Waals surface area contributed by atoms with Crippen molar-refractivity contribution in [3.8, 4) is 0 Å². The second-order valence-electron chi connectivity index (χ2n) is 5.27. The van der Waals surface area contributed by atoms with Crippen LogP contribution in [0.4, 0.5) is 13.2 Å². The van der Waals surface area contributed by atoms with Crippen LogP contribution in [0.25, 0.3) is 0 Å². The molecule has 0 aliphatic rings. The molecule has 0 saturated heterocycles. The Bertz CT molecular complexity index is 775. The van der Waals surface area contributed by atoms with Crippen molar-refractivity contribution in [2.75, 3.05) is 0 Å². The molecule has 2 aromatic carbocycles. The van der Waals surface area contributed by atoms with Crippen LogP contribution in [-0.2, 0) is 17.4 Å². The van der Waals surface area contributed by atoms with Crippen molar-refractivity contribution >= 4 is 27.8 Å². The lowest BCUT2D eigenvalue weighted by atomic mass is 10.1. The first kappa shape index (κ1) is 19.0. The molecule has 0 aliphatic heterocycles. The summed E-state index contributed by atoms with van der Waals surface area (Å²) in [7, 11) is 0. The first-order valence-electron chi connectivity index (χ1n) is 7.12. The van der Waals surface area contributed by atoms with E-state index in [-0.39, 0.29) is 12.0 Å². The van der Waals surface area contributed by atoms with Crippen LogP contribution < -0.4 is 5.32 Å². The molecule has 25 heavy (non-hydrogen) atoms. The third kappa shape index (κ3) is 5.32. The largest absolute Gasteiger partial charge is 0.480 e. The average molecular weight is 416 g/mol. The van der Waals surface area contributed by atoms with Crippen molar-refractivity contribution in [3.05, 3.63) is 69.7 Å². The highest BCUT2D eigenvalue weighted by atomic mass is 79.9. The van der Waals surface area contributed by atoms with E-state index in [0.717, 1.165) is 28.7 Å². The minimum absolute atomic E-state index is 0.0428. The molecule has 4 nitrogen and oxygen atoms in total. The molecule has 132 valence electrons. The highest BCUT2D eigenvalue weighted by molar-refractivity contribution is 9.10. The van der Waals surface area contributed by atoms with E-state index in [1.165, 1.54) is 0 Å². The molecule has 0 heterocycles. The van der Waals surface area contributed by atoms with Gasteiger partial charge in [0.05, 0.1) is 5.56 Å². The second-order valence-corrected chi connectivity index (χ2v) is 6.19. The maximum absolute atomic E-state index is 12.5. The van der Waals surface area contributed by atoms with Crippen molar-refractivity contribution in [1.82, 2.24) is 5.32 Å². The summed E-state index contributed by atoms with van der Waals surface area (Å²) in [6, 6.07) is 9.31. The van der Waals surface area contributed by atoms with Gasteiger partial charge in [0.25, 0.3) is 5.91 Å². The number of hydrogen-bond donors (Lipinski definition) is 2. The summed E-state index contributed by atoms with van der Waals surface area (Å²) < 4.78 is 38.4. The van der Waals surface area contributed by atoms with E-state index in [2.05, 4.69) is 21.2 Å². The average Bonchev–Trinajstić information content (AvgIpc) is 2.53. The molecular formula is C17H13BrF3NO3. The van der Waals surface area contributed by atoms with Gasteiger partial charge < -0.3 is 10.4 Å². The second kappa shape index (κ2) is 7.69. The Morgan fingerprint density at radius 3 is 2.28 bits per heavy atom. The van der Waals surface area contributed by atoms with Crippen LogP contribution in [0.3, 0.4) is 0 Å². The van der Waals surface area contributed by atoms with Crippen LogP contribution in [0.15, 0.2) is 53.0 Å². The maximum atomic E-state index is 12.5. The van der Waals surface area contributed by atoms with Crippen LogP contribution in [-0.4, -0.2) is 23.0 Å². The molecule has 0 aliphatic carbocycles. The Morgan fingerprint density at radius 1 is 1.12 bits per heavy atom. The monoisotopic (exact) mass is 415 g/mol. The molecule has 0 spiro atoms. The van der Waals surface area contributed by atoms with Crippen molar-refractivity contribution in [3.63, 3.8) is 0 Å². The van der Waals surface area contributed by atoms with Gasteiger partial charge in [-0.1, -0.05) is 28.1 Å². The third-order valence-electron chi connectivity index (χ3n) is 3.41. The van der Waals surface area contributed by atoms with Gasteiger partial charge >= 0.3 is 12.1 Å². The Hall–Kier alpha value is -2.35. The summed E-state index contributed by atoms with van der Waals surface area (Å²) in [4.78, 5) is 23.5. The molecule has 0 aromatic heterocycles. The topological polar surface area (TPSA) is 66.4 Å². The lowest BCUT2D eigenvalue weighted by Crippen LogP contribution is -2.42. The predicted octanol–water partition coefficient (Wildman–Crippen LogP) is 3.89. The third-order valence-corrected chi connectivity index (χ3v) is 3.90. The molecule has 0 saturated carbocycles. The molecule has 2 N–H and O–H groups in total. The molecular weight excluding hydrogens is 403 g/mol. The summed E-state index contributed by atoms with van der Waals surface area (Å²) in [6.45, 7) is 0. The Labute approximate surface area is 149 Å². The number of carboxylic acid groups (broad SMARTS) is 1. The zero-order chi connectivity index (χ0) is 18.6. The fraction of sp³-hybridized carbons (Fsp3) is 0.176. The lowest BCUT2D eigenvalue weighted by molar-refractivity contribution is -0.139. The number of rotatable bonds is 5. The van der Waals surface area contributed by atoms with Crippen LogP contribution in [0, 0.1) is 0 Å². The fourth-order valence-corrected chi connectivity index (χ4v) is 2.60. The summed E-state index contributed by atoms with van der Waals surface area (Å²) >= 11 is 3.27. The number of halogens is 4. The normalized spacial score (nSPS) is 12.5. The molecule has 0 radical (unpaired) electrons.